The average Bonchev–Trinajstić information content (AvgIpc) is 2.45. The zero-order chi connectivity index (χ0) is 15.0. The highest BCUT2D eigenvalue weighted by atomic mass is 16.5. The number of nitriles is 1. The lowest BCUT2D eigenvalue weighted by molar-refractivity contribution is -0.145. The van der Waals surface area contributed by atoms with E-state index in [0.29, 0.717) is 24.5 Å². The number of ether oxygens (including phenoxy) is 1. The van der Waals surface area contributed by atoms with E-state index in [2.05, 4.69) is 13.0 Å². The van der Waals surface area contributed by atoms with Crippen molar-refractivity contribution in [3.8, 4) is 6.07 Å². The average molecular weight is 273 g/mol. The van der Waals surface area contributed by atoms with Crippen LogP contribution in [-0.4, -0.2) is 12.6 Å². The van der Waals surface area contributed by atoms with E-state index < -0.39 is 0 Å². The molecule has 0 aliphatic heterocycles. The summed E-state index contributed by atoms with van der Waals surface area (Å²) in [5.74, 6) is 0.396. The summed E-state index contributed by atoms with van der Waals surface area (Å²) in [6, 6.07) is 9.59. The Morgan fingerprint density at radius 2 is 1.95 bits per heavy atom. The number of carbonyl (C=O) groups excluding carboxylic acids is 1. The van der Waals surface area contributed by atoms with E-state index in [4.69, 9.17) is 10.00 Å². The molecule has 0 bridgehead atoms. The molecule has 0 spiro atoms. The number of nitrogens with zero attached hydrogens (tertiary/aromatic N) is 1. The zero-order valence-electron chi connectivity index (χ0n) is 12.6. The van der Waals surface area contributed by atoms with E-state index in [0.717, 1.165) is 18.4 Å². The van der Waals surface area contributed by atoms with Crippen LogP contribution in [0.25, 0.3) is 0 Å². The Morgan fingerprint density at radius 3 is 2.45 bits per heavy atom. The maximum atomic E-state index is 11.9. The van der Waals surface area contributed by atoms with Crippen LogP contribution in [0.3, 0.4) is 0 Å². The minimum absolute atomic E-state index is 0.137. The Morgan fingerprint density at radius 1 is 1.30 bits per heavy atom. The minimum Gasteiger partial charge on any atom is -0.465 e. The second-order valence-corrected chi connectivity index (χ2v) is 5.50. The molecule has 0 N–H and O–H groups in total. The SMILES string of the molecule is CCCC(CC(=O)OCC(C)C)c1ccc(C#N)cc1. The van der Waals surface area contributed by atoms with Crippen LogP contribution >= 0.6 is 0 Å². The Kier molecular flexibility index (Phi) is 6.79. The van der Waals surface area contributed by atoms with Crippen molar-refractivity contribution in [2.45, 2.75) is 46.0 Å². The molecule has 1 aromatic carbocycles. The first-order valence-electron chi connectivity index (χ1n) is 7.22. The summed E-state index contributed by atoms with van der Waals surface area (Å²) < 4.78 is 5.26. The summed E-state index contributed by atoms with van der Waals surface area (Å²) in [7, 11) is 0. The van der Waals surface area contributed by atoms with Gasteiger partial charge in [0.1, 0.15) is 0 Å². The van der Waals surface area contributed by atoms with Crippen molar-refractivity contribution in [2.75, 3.05) is 6.61 Å². The highest BCUT2D eigenvalue weighted by molar-refractivity contribution is 5.70. The summed E-state index contributed by atoms with van der Waals surface area (Å²) in [4.78, 5) is 11.9. The number of rotatable bonds is 7. The third-order valence-electron chi connectivity index (χ3n) is 3.14. The third-order valence-corrected chi connectivity index (χ3v) is 3.14. The van der Waals surface area contributed by atoms with Crippen LogP contribution in [0.4, 0.5) is 0 Å². The van der Waals surface area contributed by atoms with Gasteiger partial charge < -0.3 is 4.74 Å². The maximum Gasteiger partial charge on any atom is 0.306 e. The van der Waals surface area contributed by atoms with Crippen molar-refractivity contribution < 1.29 is 9.53 Å². The molecule has 3 heteroatoms. The second-order valence-electron chi connectivity index (χ2n) is 5.50. The molecule has 0 radical (unpaired) electrons. The first-order valence-corrected chi connectivity index (χ1v) is 7.22. The first-order chi connectivity index (χ1) is 9.56. The summed E-state index contributed by atoms with van der Waals surface area (Å²) in [6.07, 6.45) is 2.37. The monoisotopic (exact) mass is 273 g/mol. The molecule has 1 rings (SSSR count). The van der Waals surface area contributed by atoms with E-state index in [1.165, 1.54) is 0 Å². The fraction of sp³-hybridized carbons (Fsp3) is 0.529. The largest absolute Gasteiger partial charge is 0.465 e. The molecule has 0 aliphatic rings. The van der Waals surface area contributed by atoms with Crippen LogP contribution in [0.1, 0.15) is 57.1 Å². The lowest BCUT2D eigenvalue weighted by Crippen LogP contribution is -2.13. The molecule has 1 atom stereocenters. The van der Waals surface area contributed by atoms with Crippen molar-refractivity contribution in [2.24, 2.45) is 5.92 Å². The van der Waals surface area contributed by atoms with Crippen LogP contribution in [0.2, 0.25) is 0 Å². The maximum absolute atomic E-state index is 11.9. The molecule has 0 amide bonds. The molecule has 20 heavy (non-hydrogen) atoms. The predicted molar refractivity (Wildman–Crippen MR) is 79.2 cm³/mol. The number of carbonyl (C=O) groups is 1. The van der Waals surface area contributed by atoms with Gasteiger partial charge in [0.15, 0.2) is 0 Å². The fourth-order valence-electron chi connectivity index (χ4n) is 2.08. The van der Waals surface area contributed by atoms with Gasteiger partial charge in [0, 0.05) is 0 Å². The number of hydrogen-bond donors (Lipinski definition) is 0. The van der Waals surface area contributed by atoms with Gasteiger partial charge in [-0.1, -0.05) is 39.3 Å². The van der Waals surface area contributed by atoms with Gasteiger partial charge >= 0.3 is 5.97 Å². The van der Waals surface area contributed by atoms with Crippen LogP contribution in [0.5, 0.6) is 0 Å². The molecule has 3 nitrogen and oxygen atoms in total. The standard InChI is InChI=1S/C17H23NO2/c1-4-5-16(10-17(19)20-12-13(2)3)15-8-6-14(11-18)7-9-15/h6-9,13,16H,4-5,10,12H2,1-3H3. The molecule has 108 valence electrons. The smallest absolute Gasteiger partial charge is 0.306 e. The van der Waals surface area contributed by atoms with Crippen LogP contribution in [0, 0.1) is 17.2 Å². The lowest BCUT2D eigenvalue weighted by atomic mass is 9.91. The Hall–Kier alpha value is -1.82. The number of benzene rings is 1. The highest BCUT2D eigenvalue weighted by Gasteiger charge is 2.16. The zero-order valence-corrected chi connectivity index (χ0v) is 12.6. The Bertz CT molecular complexity index is 457. The highest BCUT2D eigenvalue weighted by Crippen LogP contribution is 2.25. The van der Waals surface area contributed by atoms with Gasteiger partial charge in [-0.15, -0.1) is 0 Å². The Labute approximate surface area is 121 Å². The molecule has 0 aliphatic carbocycles. The van der Waals surface area contributed by atoms with E-state index >= 15 is 0 Å². The van der Waals surface area contributed by atoms with Crippen LogP contribution < -0.4 is 0 Å². The summed E-state index contributed by atoms with van der Waals surface area (Å²) >= 11 is 0. The van der Waals surface area contributed by atoms with Crippen molar-refractivity contribution in [3.05, 3.63) is 35.4 Å². The van der Waals surface area contributed by atoms with E-state index in [9.17, 15) is 4.79 Å². The molecule has 1 unspecified atom stereocenters. The van der Waals surface area contributed by atoms with Crippen molar-refractivity contribution in [3.63, 3.8) is 0 Å². The van der Waals surface area contributed by atoms with Gasteiger partial charge in [-0.05, 0) is 36.0 Å². The number of hydrogen-bond acceptors (Lipinski definition) is 3. The van der Waals surface area contributed by atoms with Crippen molar-refractivity contribution >= 4 is 5.97 Å². The van der Waals surface area contributed by atoms with Crippen molar-refractivity contribution in [1.29, 1.82) is 5.26 Å². The molecular formula is C17H23NO2. The van der Waals surface area contributed by atoms with Gasteiger partial charge in [-0.3, -0.25) is 4.79 Å². The van der Waals surface area contributed by atoms with Gasteiger partial charge in [-0.2, -0.15) is 5.26 Å². The molecule has 0 heterocycles. The molecule has 0 saturated heterocycles. The second kappa shape index (κ2) is 8.37. The summed E-state index contributed by atoms with van der Waals surface area (Å²) in [6.45, 7) is 6.63. The molecule has 0 saturated carbocycles. The van der Waals surface area contributed by atoms with E-state index in [-0.39, 0.29) is 11.9 Å². The molecule has 0 aromatic heterocycles. The van der Waals surface area contributed by atoms with Crippen LogP contribution in [-0.2, 0) is 9.53 Å². The van der Waals surface area contributed by atoms with Gasteiger partial charge in [-0.25, -0.2) is 0 Å². The molecular weight excluding hydrogens is 250 g/mol. The third kappa shape index (κ3) is 5.44. The summed E-state index contributed by atoms with van der Waals surface area (Å²) in [5, 5.41) is 8.81. The normalized spacial score (nSPS) is 11.9. The van der Waals surface area contributed by atoms with Crippen molar-refractivity contribution in [1.82, 2.24) is 0 Å². The van der Waals surface area contributed by atoms with E-state index in [1.807, 2.05) is 26.0 Å². The summed E-state index contributed by atoms with van der Waals surface area (Å²) in [5.41, 5.74) is 1.75. The predicted octanol–water partition coefficient (Wildman–Crippen LogP) is 4.03. The first kappa shape index (κ1) is 16.2. The molecule has 0 fully saturated rings. The number of esters is 1. The topological polar surface area (TPSA) is 50.1 Å². The van der Waals surface area contributed by atoms with Gasteiger partial charge in [0.2, 0.25) is 0 Å². The van der Waals surface area contributed by atoms with E-state index in [1.54, 1.807) is 12.1 Å². The molecule has 1 aromatic rings. The fourth-order valence-corrected chi connectivity index (χ4v) is 2.08. The van der Waals surface area contributed by atoms with Crippen LogP contribution in [0.15, 0.2) is 24.3 Å². The lowest BCUT2D eigenvalue weighted by Gasteiger charge is -2.16. The quantitative estimate of drug-likeness (QED) is 0.705. The van der Waals surface area contributed by atoms with Gasteiger partial charge in [0.05, 0.1) is 24.7 Å². The minimum atomic E-state index is -0.137. The Balaban J connectivity index is 2.67. The van der Waals surface area contributed by atoms with Gasteiger partial charge in [0.25, 0.3) is 0 Å².